The number of aliphatic hydroxyl groups is 1. The van der Waals surface area contributed by atoms with Gasteiger partial charge in [0.2, 0.25) is 0 Å². The van der Waals surface area contributed by atoms with Crippen molar-refractivity contribution in [2.45, 2.75) is 94.1 Å². The molecule has 3 aliphatic rings. The molecule has 3 fully saturated rings. The van der Waals surface area contributed by atoms with Gasteiger partial charge in [0.15, 0.2) is 18.9 Å². The van der Waals surface area contributed by atoms with E-state index in [9.17, 15) is 5.11 Å². The van der Waals surface area contributed by atoms with E-state index in [1.807, 2.05) is 152 Å². The van der Waals surface area contributed by atoms with Crippen LogP contribution < -0.4 is 0 Å². The van der Waals surface area contributed by atoms with Crippen LogP contribution in [0.15, 0.2) is 152 Å². The van der Waals surface area contributed by atoms with Gasteiger partial charge in [-0.3, -0.25) is 0 Å². The molecule has 1 N–H and O–H groups in total. The fourth-order valence-electron chi connectivity index (χ4n) is 7.70. The lowest BCUT2D eigenvalue weighted by Gasteiger charge is -2.51. The molecule has 310 valence electrons. The van der Waals surface area contributed by atoms with Crippen molar-refractivity contribution in [1.82, 2.24) is 0 Å². The summed E-state index contributed by atoms with van der Waals surface area (Å²) in [6, 6.07) is 49.4. The van der Waals surface area contributed by atoms with Gasteiger partial charge in [0.25, 0.3) is 0 Å². The molecule has 3 heterocycles. The number of hydrogen-bond acceptors (Lipinski definition) is 11. The Morgan fingerprint density at radius 3 is 1.56 bits per heavy atom. The third-order valence-electron chi connectivity index (χ3n) is 10.7. The van der Waals surface area contributed by atoms with Crippen LogP contribution in [0.5, 0.6) is 0 Å². The molecule has 11 atom stereocenters. The molecule has 11 heteroatoms. The molecule has 0 bridgehead atoms. The van der Waals surface area contributed by atoms with Gasteiger partial charge in [-0.05, 0) is 22.3 Å². The highest BCUT2D eigenvalue weighted by molar-refractivity contribution is 5.18. The highest BCUT2D eigenvalue weighted by Gasteiger charge is 2.55. The molecule has 5 aromatic carbocycles. The Hall–Kier alpha value is -4.34. The Bertz CT molecular complexity index is 1940. The van der Waals surface area contributed by atoms with Gasteiger partial charge in [-0.25, -0.2) is 0 Å². The Kier molecular flexibility index (Phi) is 14.6. The van der Waals surface area contributed by atoms with Crippen molar-refractivity contribution >= 4 is 0 Å². The zero-order chi connectivity index (χ0) is 40.2. The largest absolute Gasteiger partial charge is 0.385 e. The summed E-state index contributed by atoms with van der Waals surface area (Å²) in [5.74, 6) is 0. The number of hydrogen-bond donors (Lipinski definition) is 1. The highest BCUT2D eigenvalue weighted by atomic mass is 16.8. The number of ether oxygens (including phenoxy) is 10. The van der Waals surface area contributed by atoms with Crippen LogP contribution in [-0.4, -0.2) is 86.8 Å². The molecule has 0 spiro atoms. The standard InChI is InChI=1S/C48H52O11/c1-50-47-40(49)43(42-39(56-47)32-55-46(58-42)37-25-15-6-16-26-37)59-48-45(54-30-36-23-13-5-14-24-36)44(53-29-35-21-11-4-12-22-35)41(52-28-34-19-9-3-10-20-34)38(57-48)31-51-27-33-17-7-2-8-18-33/h2-26,38-49H,27-32H2,1H3. The summed E-state index contributed by atoms with van der Waals surface area (Å²) >= 11 is 0. The first-order valence-electron chi connectivity index (χ1n) is 20.2. The predicted molar refractivity (Wildman–Crippen MR) is 216 cm³/mol. The molecular weight excluding hydrogens is 753 g/mol. The number of rotatable bonds is 17. The van der Waals surface area contributed by atoms with E-state index in [4.69, 9.17) is 47.4 Å². The first kappa shape index (κ1) is 41.4. The van der Waals surface area contributed by atoms with Gasteiger partial charge < -0.3 is 52.5 Å². The summed E-state index contributed by atoms with van der Waals surface area (Å²) in [5, 5.41) is 11.9. The molecule has 0 saturated carbocycles. The Labute approximate surface area is 345 Å². The normalized spacial score (nSPS) is 29.4. The summed E-state index contributed by atoms with van der Waals surface area (Å²) in [4.78, 5) is 0. The minimum Gasteiger partial charge on any atom is -0.385 e. The van der Waals surface area contributed by atoms with Crippen LogP contribution in [0.4, 0.5) is 0 Å². The second-order valence-electron chi connectivity index (χ2n) is 14.9. The smallest absolute Gasteiger partial charge is 0.187 e. The second-order valence-corrected chi connectivity index (χ2v) is 14.9. The third kappa shape index (κ3) is 10.7. The first-order chi connectivity index (χ1) is 29.1. The van der Waals surface area contributed by atoms with E-state index in [1.165, 1.54) is 7.11 Å². The van der Waals surface area contributed by atoms with Gasteiger partial charge >= 0.3 is 0 Å². The number of aliphatic hydroxyl groups excluding tert-OH is 1. The third-order valence-corrected chi connectivity index (χ3v) is 10.7. The van der Waals surface area contributed by atoms with E-state index in [2.05, 4.69) is 0 Å². The van der Waals surface area contributed by atoms with Crippen LogP contribution in [0.3, 0.4) is 0 Å². The zero-order valence-corrected chi connectivity index (χ0v) is 33.1. The Morgan fingerprint density at radius 2 is 1.02 bits per heavy atom. The number of fused-ring (bicyclic) bond motifs is 1. The molecule has 11 unspecified atom stereocenters. The molecule has 11 nitrogen and oxygen atoms in total. The molecule has 0 amide bonds. The van der Waals surface area contributed by atoms with Crippen molar-refractivity contribution < 1.29 is 52.5 Å². The van der Waals surface area contributed by atoms with E-state index < -0.39 is 67.7 Å². The lowest BCUT2D eigenvalue weighted by molar-refractivity contribution is -0.396. The fourth-order valence-corrected chi connectivity index (χ4v) is 7.70. The van der Waals surface area contributed by atoms with Crippen LogP contribution in [-0.2, 0) is 73.8 Å². The van der Waals surface area contributed by atoms with Crippen molar-refractivity contribution in [3.05, 3.63) is 179 Å². The molecule has 0 aliphatic carbocycles. The Balaban J connectivity index is 1.14. The summed E-state index contributed by atoms with van der Waals surface area (Å²) in [5.41, 5.74) is 4.77. The van der Waals surface area contributed by atoms with Crippen molar-refractivity contribution in [2.24, 2.45) is 0 Å². The molecule has 8 rings (SSSR count). The van der Waals surface area contributed by atoms with Crippen LogP contribution >= 0.6 is 0 Å². The predicted octanol–water partition coefficient (Wildman–Crippen LogP) is 6.92. The van der Waals surface area contributed by atoms with Crippen LogP contribution in [0.2, 0.25) is 0 Å². The topological polar surface area (TPSA) is 113 Å². The average molecular weight is 805 g/mol. The maximum atomic E-state index is 11.9. The molecular formula is C48H52O11. The minimum absolute atomic E-state index is 0.147. The summed E-state index contributed by atoms with van der Waals surface area (Å²) < 4.78 is 65.4. The quantitative estimate of drug-likeness (QED) is 0.106. The van der Waals surface area contributed by atoms with Crippen molar-refractivity contribution in [3.63, 3.8) is 0 Å². The molecule has 3 aliphatic heterocycles. The first-order valence-corrected chi connectivity index (χ1v) is 20.2. The van der Waals surface area contributed by atoms with Crippen molar-refractivity contribution in [2.75, 3.05) is 20.3 Å². The van der Waals surface area contributed by atoms with E-state index in [-0.39, 0.29) is 26.4 Å². The molecule has 59 heavy (non-hydrogen) atoms. The highest BCUT2D eigenvalue weighted by Crippen LogP contribution is 2.39. The molecule has 3 saturated heterocycles. The maximum absolute atomic E-state index is 11.9. The van der Waals surface area contributed by atoms with E-state index >= 15 is 0 Å². The zero-order valence-electron chi connectivity index (χ0n) is 33.1. The van der Waals surface area contributed by atoms with E-state index in [1.54, 1.807) is 0 Å². The van der Waals surface area contributed by atoms with Gasteiger partial charge in [0.05, 0.1) is 39.6 Å². The monoisotopic (exact) mass is 804 g/mol. The minimum atomic E-state index is -1.27. The fraction of sp³-hybridized carbons (Fsp3) is 0.375. The number of benzene rings is 5. The van der Waals surface area contributed by atoms with Crippen molar-refractivity contribution in [1.29, 1.82) is 0 Å². The Morgan fingerprint density at radius 1 is 0.525 bits per heavy atom. The number of methoxy groups -OCH3 is 1. The lowest BCUT2D eigenvalue weighted by Crippen LogP contribution is -2.67. The van der Waals surface area contributed by atoms with Gasteiger partial charge in [-0.15, -0.1) is 0 Å². The van der Waals surface area contributed by atoms with E-state index in [0.29, 0.717) is 13.2 Å². The van der Waals surface area contributed by atoms with Gasteiger partial charge in [-0.1, -0.05) is 152 Å². The van der Waals surface area contributed by atoms with Crippen LogP contribution in [0.25, 0.3) is 0 Å². The summed E-state index contributed by atoms with van der Waals surface area (Å²) in [6.07, 6.45) is -9.43. The van der Waals surface area contributed by atoms with Gasteiger partial charge in [0.1, 0.15) is 48.8 Å². The van der Waals surface area contributed by atoms with Gasteiger partial charge in [0, 0.05) is 12.7 Å². The SMILES string of the molecule is COC1OC2COC(c3ccccc3)OC2C(OC2OC(COCc3ccccc3)C(OCc3ccccc3)C(OCc3ccccc3)C2OCc2ccccc2)C1O. The second kappa shape index (κ2) is 20.8. The van der Waals surface area contributed by atoms with Gasteiger partial charge in [-0.2, -0.15) is 0 Å². The summed E-state index contributed by atoms with van der Waals surface area (Å²) in [6.45, 7) is 1.47. The van der Waals surface area contributed by atoms with E-state index in [0.717, 1.165) is 27.8 Å². The van der Waals surface area contributed by atoms with Crippen LogP contribution in [0, 0.1) is 0 Å². The average Bonchev–Trinajstić information content (AvgIpc) is 3.29. The van der Waals surface area contributed by atoms with Crippen LogP contribution in [0.1, 0.15) is 34.1 Å². The summed E-state index contributed by atoms with van der Waals surface area (Å²) in [7, 11) is 1.48. The maximum Gasteiger partial charge on any atom is 0.187 e. The molecule has 5 aromatic rings. The molecule has 0 aromatic heterocycles. The lowest BCUT2D eigenvalue weighted by atomic mass is 9.95. The molecule has 0 radical (unpaired) electrons. The van der Waals surface area contributed by atoms with Crippen molar-refractivity contribution in [3.8, 4) is 0 Å².